The Labute approximate surface area is 148 Å². The summed E-state index contributed by atoms with van der Waals surface area (Å²) in [6, 6.07) is 5.27. The number of unbranched alkanes of at least 4 members (excludes halogenated alkanes) is 11. The van der Waals surface area contributed by atoms with E-state index in [9.17, 15) is 9.90 Å². The molecule has 0 aliphatic rings. The Morgan fingerprint density at radius 3 is 1.71 bits per heavy atom. The average Bonchev–Trinajstić information content (AvgIpc) is 2.59. The molecule has 0 bridgehead atoms. The van der Waals surface area contributed by atoms with Gasteiger partial charge in [0.05, 0.1) is 0 Å². The molecule has 0 aromatic carbocycles. The second-order valence-corrected chi connectivity index (χ2v) is 6.85. The maximum atomic E-state index is 11.4. The van der Waals surface area contributed by atoms with Gasteiger partial charge < -0.3 is 5.11 Å². The average molecular weight is 335 g/mol. The standard InChI is InChI=1S/C21H35NO2/c1-2-3-4-5-6-7-8-9-10-11-12-14-17-20(21(23)24)22-18-15-13-16-19-22/h13,15-16,18-20H,2-12,14,17H2,1H3/p+1/t20-/m1/s1. The van der Waals surface area contributed by atoms with E-state index < -0.39 is 12.0 Å². The molecule has 136 valence electrons. The molecule has 0 radical (unpaired) electrons. The third-order valence-corrected chi connectivity index (χ3v) is 4.71. The summed E-state index contributed by atoms with van der Waals surface area (Å²) in [7, 11) is 0. The first-order chi connectivity index (χ1) is 11.8. The first-order valence-corrected chi connectivity index (χ1v) is 9.94. The van der Waals surface area contributed by atoms with Crippen molar-refractivity contribution in [2.75, 3.05) is 0 Å². The molecule has 1 aromatic rings. The lowest BCUT2D eigenvalue weighted by Gasteiger charge is -2.07. The van der Waals surface area contributed by atoms with E-state index in [2.05, 4.69) is 6.92 Å². The number of rotatable bonds is 15. The van der Waals surface area contributed by atoms with Crippen LogP contribution in [0.4, 0.5) is 0 Å². The van der Waals surface area contributed by atoms with Crippen molar-refractivity contribution >= 4 is 5.97 Å². The number of aliphatic carboxylic acids is 1. The lowest BCUT2D eigenvalue weighted by molar-refractivity contribution is -0.711. The van der Waals surface area contributed by atoms with E-state index >= 15 is 0 Å². The molecular weight excluding hydrogens is 298 g/mol. The highest BCUT2D eigenvalue weighted by Gasteiger charge is 2.25. The molecule has 0 unspecified atom stereocenters. The van der Waals surface area contributed by atoms with Crippen molar-refractivity contribution in [3.8, 4) is 0 Å². The fourth-order valence-electron chi connectivity index (χ4n) is 3.20. The molecule has 0 saturated carbocycles. The molecule has 0 spiro atoms. The highest BCUT2D eigenvalue weighted by atomic mass is 16.4. The molecule has 24 heavy (non-hydrogen) atoms. The van der Waals surface area contributed by atoms with Gasteiger partial charge in [-0.25, -0.2) is 4.79 Å². The Hall–Kier alpha value is -1.38. The molecule has 3 nitrogen and oxygen atoms in total. The van der Waals surface area contributed by atoms with E-state index in [-0.39, 0.29) is 0 Å². The van der Waals surface area contributed by atoms with Crippen LogP contribution in [0, 0.1) is 0 Å². The van der Waals surface area contributed by atoms with Crippen LogP contribution in [0.25, 0.3) is 0 Å². The maximum absolute atomic E-state index is 11.4. The van der Waals surface area contributed by atoms with Gasteiger partial charge in [0.1, 0.15) is 0 Å². The van der Waals surface area contributed by atoms with Gasteiger partial charge in [-0.2, -0.15) is 4.57 Å². The normalized spacial score (nSPS) is 12.2. The van der Waals surface area contributed by atoms with Crippen LogP contribution < -0.4 is 4.57 Å². The molecule has 0 aliphatic heterocycles. The number of hydrogen-bond donors (Lipinski definition) is 1. The molecule has 0 aliphatic carbocycles. The highest BCUT2D eigenvalue weighted by molar-refractivity contribution is 5.69. The second kappa shape index (κ2) is 14.0. The number of carboxylic acids is 1. The van der Waals surface area contributed by atoms with Crippen LogP contribution in [-0.4, -0.2) is 11.1 Å². The number of pyridine rings is 1. The maximum Gasteiger partial charge on any atom is 0.373 e. The van der Waals surface area contributed by atoms with Gasteiger partial charge in [-0.15, -0.1) is 0 Å². The lowest BCUT2D eigenvalue weighted by Crippen LogP contribution is -2.43. The predicted octanol–water partition coefficient (Wildman–Crippen LogP) is 5.69. The number of carbonyl (C=O) groups is 1. The smallest absolute Gasteiger partial charge is 0.373 e. The third kappa shape index (κ3) is 9.69. The van der Waals surface area contributed by atoms with Gasteiger partial charge in [0, 0.05) is 18.6 Å². The van der Waals surface area contributed by atoms with Gasteiger partial charge in [0.2, 0.25) is 0 Å². The molecule has 0 amide bonds. The minimum atomic E-state index is -0.728. The fraction of sp³-hybridized carbons (Fsp3) is 0.714. The highest BCUT2D eigenvalue weighted by Crippen LogP contribution is 2.14. The van der Waals surface area contributed by atoms with Gasteiger partial charge in [0.15, 0.2) is 12.4 Å². The summed E-state index contributed by atoms with van der Waals surface area (Å²) in [5.74, 6) is -0.728. The van der Waals surface area contributed by atoms with E-state index in [0.717, 1.165) is 19.3 Å². The molecular formula is C21H36NO2+. The van der Waals surface area contributed by atoms with Gasteiger partial charge in [-0.05, 0) is 6.42 Å². The van der Waals surface area contributed by atoms with Crippen LogP contribution >= 0.6 is 0 Å². The van der Waals surface area contributed by atoms with Crippen molar-refractivity contribution in [3.05, 3.63) is 30.6 Å². The van der Waals surface area contributed by atoms with Crippen molar-refractivity contribution in [1.82, 2.24) is 0 Å². The summed E-state index contributed by atoms with van der Waals surface area (Å²) < 4.78 is 1.81. The zero-order valence-electron chi connectivity index (χ0n) is 15.5. The van der Waals surface area contributed by atoms with E-state index in [1.54, 1.807) is 4.57 Å². The minimum absolute atomic E-state index is 0.422. The first kappa shape index (κ1) is 20.7. The van der Waals surface area contributed by atoms with Crippen molar-refractivity contribution < 1.29 is 14.5 Å². The number of hydrogen-bond acceptors (Lipinski definition) is 1. The zero-order chi connectivity index (χ0) is 17.5. The number of aromatic nitrogens is 1. The Morgan fingerprint density at radius 2 is 1.25 bits per heavy atom. The van der Waals surface area contributed by atoms with E-state index in [0.29, 0.717) is 0 Å². The third-order valence-electron chi connectivity index (χ3n) is 4.71. The molecule has 1 heterocycles. The van der Waals surface area contributed by atoms with Crippen LogP contribution in [0.5, 0.6) is 0 Å². The summed E-state index contributed by atoms with van der Waals surface area (Å²) in [5, 5.41) is 9.38. The molecule has 0 saturated heterocycles. The number of carboxylic acid groups (broad SMARTS) is 1. The largest absolute Gasteiger partial charge is 0.476 e. The van der Waals surface area contributed by atoms with Gasteiger partial charge in [-0.3, -0.25) is 0 Å². The Kier molecular flexibility index (Phi) is 12.1. The lowest BCUT2D eigenvalue weighted by atomic mass is 10.0. The summed E-state index contributed by atoms with van der Waals surface area (Å²) in [5.41, 5.74) is 0. The monoisotopic (exact) mass is 334 g/mol. The van der Waals surface area contributed by atoms with E-state index in [1.807, 2.05) is 30.6 Å². The van der Waals surface area contributed by atoms with Crippen LogP contribution in [-0.2, 0) is 4.79 Å². The van der Waals surface area contributed by atoms with Crippen LogP contribution in [0.2, 0.25) is 0 Å². The molecule has 1 aromatic heterocycles. The van der Waals surface area contributed by atoms with Crippen LogP contribution in [0.1, 0.15) is 96.4 Å². The first-order valence-electron chi connectivity index (χ1n) is 9.94. The second-order valence-electron chi connectivity index (χ2n) is 6.85. The van der Waals surface area contributed by atoms with Crippen molar-refractivity contribution in [2.24, 2.45) is 0 Å². The minimum Gasteiger partial charge on any atom is -0.476 e. The summed E-state index contributed by atoms with van der Waals surface area (Å²) >= 11 is 0. The molecule has 1 N–H and O–H groups in total. The van der Waals surface area contributed by atoms with Crippen LogP contribution in [0.15, 0.2) is 30.6 Å². The Morgan fingerprint density at radius 1 is 0.792 bits per heavy atom. The summed E-state index contributed by atoms with van der Waals surface area (Å²) in [6.07, 6.45) is 20.1. The zero-order valence-corrected chi connectivity index (χ0v) is 15.5. The van der Waals surface area contributed by atoms with E-state index in [4.69, 9.17) is 0 Å². The fourth-order valence-corrected chi connectivity index (χ4v) is 3.20. The number of nitrogens with zero attached hydrogens (tertiary/aromatic N) is 1. The van der Waals surface area contributed by atoms with Crippen molar-refractivity contribution in [1.29, 1.82) is 0 Å². The molecule has 0 fully saturated rings. The molecule has 3 heteroatoms. The van der Waals surface area contributed by atoms with Gasteiger partial charge in [0.25, 0.3) is 6.04 Å². The SMILES string of the molecule is CCCCCCCCCCCCCC[C@H](C(=O)O)[n+]1ccccc1. The molecule has 1 atom stereocenters. The molecule has 1 rings (SSSR count). The predicted molar refractivity (Wildman–Crippen MR) is 99.0 cm³/mol. The van der Waals surface area contributed by atoms with Gasteiger partial charge in [-0.1, -0.05) is 83.6 Å². The topological polar surface area (TPSA) is 41.2 Å². The van der Waals surface area contributed by atoms with Crippen LogP contribution in [0.3, 0.4) is 0 Å². The summed E-state index contributed by atoms with van der Waals surface area (Å²) in [4.78, 5) is 11.4. The summed E-state index contributed by atoms with van der Waals surface area (Å²) in [6.45, 7) is 2.26. The van der Waals surface area contributed by atoms with Crippen molar-refractivity contribution in [2.45, 2.75) is 96.4 Å². The Bertz CT molecular complexity index is 419. The van der Waals surface area contributed by atoms with E-state index in [1.165, 1.54) is 64.2 Å². The van der Waals surface area contributed by atoms with Gasteiger partial charge >= 0.3 is 5.97 Å². The Balaban J connectivity index is 2.00. The van der Waals surface area contributed by atoms with Crippen molar-refractivity contribution in [3.63, 3.8) is 0 Å². The quantitative estimate of drug-likeness (QED) is 0.330.